The molecule has 0 aliphatic carbocycles. The molecule has 0 aromatic rings. The fourth-order valence-corrected chi connectivity index (χ4v) is 1.27. The van der Waals surface area contributed by atoms with E-state index in [0.717, 1.165) is 6.92 Å². The van der Waals surface area contributed by atoms with E-state index in [1.54, 1.807) is 0 Å². The maximum atomic E-state index is 10.6. The monoisotopic (exact) mass is 445 g/mol. The van der Waals surface area contributed by atoms with Crippen LogP contribution in [-0.2, 0) is 19.2 Å². The van der Waals surface area contributed by atoms with Crippen molar-refractivity contribution in [2.45, 2.75) is 56.4 Å². The molecule has 13 N–H and O–H groups in total. The lowest BCUT2D eigenvalue weighted by Gasteiger charge is -2.25. The van der Waals surface area contributed by atoms with E-state index in [1.165, 1.54) is 6.92 Å². The number of carbonyl (C=O) groups is 4. The summed E-state index contributed by atoms with van der Waals surface area (Å²) in [7, 11) is 0. The van der Waals surface area contributed by atoms with Crippen LogP contribution in [0.4, 0.5) is 0 Å². The highest BCUT2D eigenvalue weighted by molar-refractivity contribution is 5.77. The van der Waals surface area contributed by atoms with Crippen LogP contribution in [0.15, 0.2) is 0 Å². The summed E-state index contributed by atoms with van der Waals surface area (Å²) in [6.45, 7) is 1.20. The summed E-state index contributed by atoms with van der Waals surface area (Å²) in [6.07, 6.45) is -5.70. The van der Waals surface area contributed by atoms with Gasteiger partial charge in [-0.25, -0.2) is 0 Å². The molecule has 0 aliphatic rings. The van der Waals surface area contributed by atoms with Crippen molar-refractivity contribution < 1.29 is 60.0 Å². The van der Waals surface area contributed by atoms with Gasteiger partial charge in [-0.2, -0.15) is 0 Å². The number of aliphatic hydroxyl groups excluding tert-OH is 6. The van der Waals surface area contributed by atoms with Gasteiger partial charge in [0.25, 0.3) is 0 Å². The molecular formula is C15H31N3O12. The van der Waals surface area contributed by atoms with Crippen LogP contribution in [0, 0.1) is 0 Å². The van der Waals surface area contributed by atoms with E-state index in [4.69, 9.17) is 42.1 Å². The molecule has 0 bridgehead atoms. The van der Waals surface area contributed by atoms with E-state index in [1.807, 2.05) is 0 Å². The molecule has 0 unspecified atom stereocenters. The van der Waals surface area contributed by atoms with Gasteiger partial charge in [-0.15, -0.1) is 0 Å². The molecule has 0 aromatic carbocycles. The van der Waals surface area contributed by atoms with Crippen molar-refractivity contribution in [3.63, 3.8) is 0 Å². The van der Waals surface area contributed by atoms with Crippen LogP contribution in [0.2, 0.25) is 0 Å². The quantitative estimate of drug-likeness (QED) is 0.139. The van der Waals surface area contributed by atoms with Gasteiger partial charge in [0.2, 0.25) is 5.91 Å². The Kier molecular flexibility index (Phi) is 19.0. The van der Waals surface area contributed by atoms with E-state index in [0.29, 0.717) is 0 Å². The molecule has 0 radical (unpaired) electrons. The molecular weight excluding hydrogens is 414 g/mol. The fraction of sp³-hybridized carbons (Fsp3) is 0.733. The number of carboxylic acid groups (broad SMARTS) is 2. The summed E-state index contributed by atoms with van der Waals surface area (Å²) >= 11 is 0. The lowest BCUT2D eigenvalue weighted by atomic mass is 10.0. The number of aldehydes is 1. The van der Waals surface area contributed by atoms with Gasteiger partial charge in [-0.05, 0) is 6.92 Å². The molecule has 0 heterocycles. The SMILES string of the molecule is CC(=O)N[C@@H](C=O)[C@@H](O)[C@@H](O)[C@H](O)CO.C[C@@H](O)[C@H](N)C(=O)O.N[C@@H](CO)C(=O)O. The molecule has 15 nitrogen and oxygen atoms in total. The van der Waals surface area contributed by atoms with Crippen LogP contribution < -0.4 is 16.8 Å². The highest BCUT2D eigenvalue weighted by atomic mass is 16.4. The second-order valence-electron chi connectivity index (χ2n) is 5.83. The highest BCUT2D eigenvalue weighted by Gasteiger charge is 2.31. The average molecular weight is 445 g/mol. The first kappa shape index (κ1) is 32.4. The number of hydrogen-bond acceptors (Lipinski definition) is 12. The van der Waals surface area contributed by atoms with Crippen molar-refractivity contribution in [2.24, 2.45) is 11.5 Å². The Morgan fingerprint density at radius 2 is 1.40 bits per heavy atom. The Morgan fingerprint density at radius 1 is 0.933 bits per heavy atom. The summed E-state index contributed by atoms with van der Waals surface area (Å²) in [5.41, 5.74) is 9.68. The molecule has 0 aromatic heterocycles. The molecule has 0 saturated heterocycles. The van der Waals surface area contributed by atoms with Crippen LogP contribution in [0.5, 0.6) is 0 Å². The molecule has 0 fully saturated rings. The first-order valence-electron chi connectivity index (χ1n) is 8.30. The standard InChI is InChI=1S/C8H15NO6.C4H9NO3.C3H7NO3/c1-4(12)9-5(2-10)7(14)8(15)6(13)3-11;1-2(6)3(5)4(7)8;4-2(1-5)3(6)7/h2,5-8,11,13-15H,3H2,1H3,(H,9,12);2-3,6H,5H2,1H3,(H,7,8);2,5H,1,4H2,(H,6,7)/t5-,6+,7+,8-;2-,3+;2-/m010/s1. The van der Waals surface area contributed by atoms with Crippen molar-refractivity contribution in [1.29, 1.82) is 0 Å². The first-order valence-corrected chi connectivity index (χ1v) is 8.30. The maximum absolute atomic E-state index is 10.6. The van der Waals surface area contributed by atoms with Crippen LogP contribution in [0.25, 0.3) is 0 Å². The number of nitrogens with one attached hydrogen (secondary N) is 1. The van der Waals surface area contributed by atoms with Crippen molar-refractivity contribution in [2.75, 3.05) is 13.2 Å². The predicted octanol–water partition coefficient (Wildman–Crippen LogP) is -6.07. The van der Waals surface area contributed by atoms with Crippen molar-refractivity contribution >= 4 is 24.1 Å². The number of aliphatic carboxylic acids is 2. The number of aliphatic hydroxyl groups is 6. The van der Waals surface area contributed by atoms with Gasteiger partial charge in [0.15, 0.2) is 0 Å². The van der Waals surface area contributed by atoms with Gasteiger partial charge in [0, 0.05) is 6.92 Å². The molecule has 0 spiro atoms. The van der Waals surface area contributed by atoms with Gasteiger partial charge < -0.3 is 62.4 Å². The fourth-order valence-electron chi connectivity index (χ4n) is 1.27. The third-order valence-corrected chi connectivity index (χ3v) is 3.13. The zero-order chi connectivity index (χ0) is 24.6. The second-order valence-corrected chi connectivity index (χ2v) is 5.83. The van der Waals surface area contributed by atoms with Gasteiger partial charge in [-0.1, -0.05) is 0 Å². The molecule has 0 saturated carbocycles. The molecule has 15 heteroatoms. The smallest absolute Gasteiger partial charge is 0.323 e. The number of amides is 1. The van der Waals surface area contributed by atoms with E-state index in [2.05, 4.69) is 5.32 Å². The van der Waals surface area contributed by atoms with Gasteiger partial charge in [-0.3, -0.25) is 14.4 Å². The zero-order valence-electron chi connectivity index (χ0n) is 16.4. The Labute approximate surface area is 171 Å². The Bertz CT molecular complexity index is 519. The number of carboxylic acids is 2. The van der Waals surface area contributed by atoms with Crippen molar-refractivity contribution in [1.82, 2.24) is 5.32 Å². The third kappa shape index (κ3) is 15.7. The predicted molar refractivity (Wildman–Crippen MR) is 98.8 cm³/mol. The summed E-state index contributed by atoms with van der Waals surface area (Å²) in [6, 6.07) is -3.60. The summed E-state index contributed by atoms with van der Waals surface area (Å²) in [5, 5.41) is 70.6. The number of carbonyl (C=O) groups excluding carboxylic acids is 2. The van der Waals surface area contributed by atoms with Crippen LogP contribution in [0.1, 0.15) is 13.8 Å². The zero-order valence-corrected chi connectivity index (χ0v) is 16.4. The molecule has 1 amide bonds. The molecule has 178 valence electrons. The average Bonchev–Trinajstić information content (AvgIpc) is 2.69. The van der Waals surface area contributed by atoms with Gasteiger partial charge >= 0.3 is 11.9 Å². The topological polar surface area (TPSA) is 294 Å². The largest absolute Gasteiger partial charge is 0.480 e. The number of nitrogens with two attached hydrogens (primary N) is 2. The lowest BCUT2D eigenvalue weighted by Crippen LogP contribution is -2.53. The van der Waals surface area contributed by atoms with Crippen LogP contribution >= 0.6 is 0 Å². The van der Waals surface area contributed by atoms with Crippen molar-refractivity contribution in [3.05, 3.63) is 0 Å². The molecule has 0 aliphatic heterocycles. The Hall–Kier alpha value is -2.24. The summed E-state index contributed by atoms with van der Waals surface area (Å²) in [4.78, 5) is 40.6. The highest BCUT2D eigenvalue weighted by Crippen LogP contribution is 2.03. The van der Waals surface area contributed by atoms with Gasteiger partial charge in [0.05, 0.1) is 19.3 Å². The molecule has 0 rings (SSSR count). The van der Waals surface area contributed by atoms with E-state index in [-0.39, 0.29) is 6.29 Å². The Morgan fingerprint density at radius 3 is 1.57 bits per heavy atom. The van der Waals surface area contributed by atoms with Crippen LogP contribution in [-0.4, -0.2) is 121 Å². The van der Waals surface area contributed by atoms with Crippen molar-refractivity contribution in [3.8, 4) is 0 Å². The maximum Gasteiger partial charge on any atom is 0.323 e. The molecule has 30 heavy (non-hydrogen) atoms. The normalized spacial score (nSPS) is 17.1. The van der Waals surface area contributed by atoms with E-state index >= 15 is 0 Å². The van der Waals surface area contributed by atoms with E-state index < -0.39 is 73.6 Å². The first-order chi connectivity index (χ1) is 13.7. The van der Waals surface area contributed by atoms with E-state index in [9.17, 15) is 29.4 Å². The summed E-state index contributed by atoms with van der Waals surface area (Å²) in [5.74, 6) is -2.92. The van der Waals surface area contributed by atoms with Gasteiger partial charge in [0.1, 0.15) is 42.7 Å². The number of hydrogen-bond donors (Lipinski definition) is 11. The minimum absolute atomic E-state index is 0.235. The minimum Gasteiger partial charge on any atom is -0.480 e. The third-order valence-electron chi connectivity index (χ3n) is 3.13. The minimum atomic E-state index is -1.71. The van der Waals surface area contributed by atoms with Crippen LogP contribution in [0.3, 0.4) is 0 Å². The summed E-state index contributed by atoms with van der Waals surface area (Å²) < 4.78 is 0. The number of rotatable bonds is 10. The molecule has 7 atom stereocenters. The lowest BCUT2D eigenvalue weighted by molar-refractivity contribution is -0.141. The second kappa shape index (κ2) is 17.6. The Balaban J connectivity index is -0.000000408.